The van der Waals surface area contributed by atoms with Crippen molar-refractivity contribution in [2.24, 2.45) is 0 Å². The Hall–Kier alpha value is -1.64. The van der Waals surface area contributed by atoms with Crippen LogP contribution < -0.4 is 11.2 Å². The number of carbonyl (C=O) groups is 1. The second-order valence-corrected chi connectivity index (χ2v) is 6.29. The van der Waals surface area contributed by atoms with Crippen LogP contribution in [0.3, 0.4) is 0 Å². The van der Waals surface area contributed by atoms with Gasteiger partial charge in [-0.1, -0.05) is 11.6 Å². The molecule has 1 amide bonds. The lowest BCUT2D eigenvalue weighted by Crippen LogP contribution is -2.49. The first-order chi connectivity index (χ1) is 11.5. The van der Waals surface area contributed by atoms with E-state index in [2.05, 4.69) is 0 Å². The molecule has 1 aromatic heterocycles. The van der Waals surface area contributed by atoms with Crippen molar-refractivity contribution in [1.82, 2.24) is 14.0 Å². The highest BCUT2D eigenvalue weighted by Gasteiger charge is 2.40. The zero-order valence-electron chi connectivity index (χ0n) is 13.5. The van der Waals surface area contributed by atoms with E-state index in [9.17, 15) is 14.4 Å². The van der Waals surface area contributed by atoms with Gasteiger partial charge < -0.3 is 14.4 Å². The number of hydrogen-bond donors (Lipinski definition) is 0. The van der Waals surface area contributed by atoms with Crippen LogP contribution in [0.2, 0.25) is 5.15 Å². The number of likely N-dealkylation sites (tertiary alicyclic amines) is 1. The molecule has 0 bridgehead atoms. The van der Waals surface area contributed by atoms with E-state index in [4.69, 9.17) is 21.1 Å². The highest BCUT2D eigenvalue weighted by Crippen LogP contribution is 2.31. The van der Waals surface area contributed by atoms with Crippen LogP contribution in [-0.4, -0.2) is 52.0 Å². The maximum absolute atomic E-state index is 12.5. The van der Waals surface area contributed by atoms with Gasteiger partial charge in [0.25, 0.3) is 5.56 Å². The second kappa shape index (κ2) is 6.70. The van der Waals surface area contributed by atoms with Crippen LogP contribution in [0, 0.1) is 0 Å². The van der Waals surface area contributed by atoms with Crippen molar-refractivity contribution in [3.63, 3.8) is 0 Å². The summed E-state index contributed by atoms with van der Waals surface area (Å²) in [4.78, 5) is 38.2. The molecule has 0 aromatic carbocycles. The molecule has 9 heteroatoms. The van der Waals surface area contributed by atoms with Crippen LogP contribution in [0.4, 0.5) is 0 Å². The third-order valence-corrected chi connectivity index (χ3v) is 4.84. The number of ether oxygens (including phenoxy) is 2. The molecular formula is C15H20ClN3O5. The summed E-state index contributed by atoms with van der Waals surface area (Å²) in [7, 11) is 0. The van der Waals surface area contributed by atoms with Gasteiger partial charge in [-0.25, -0.2) is 4.79 Å². The van der Waals surface area contributed by atoms with Gasteiger partial charge in [0.1, 0.15) is 11.7 Å². The van der Waals surface area contributed by atoms with Crippen molar-refractivity contribution in [2.75, 3.05) is 26.3 Å². The Morgan fingerprint density at radius 2 is 1.83 bits per heavy atom. The molecule has 1 spiro atoms. The third kappa shape index (κ3) is 3.13. The minimum Gasteiger partial charge on any atom is -0.347 e. The maximum atomic E-state index is 12.5. The molecule has 0 saturated carbocycles. The van der Waals surface area contributed by atoms with E-state index in [1.165, 1.54) is 0 Å². The van der Waals surface area contributed by atoms with E-state index in [1.54, 1.807) is 11.8 Å². The number of hydrogen-bond acceptors (Lipinski definition) is 5. The zero-order valence-corrected chi connectivity index (χ0v) is 14.3. The maximum Gasteiger partial charge on any atom is 0.332 e. The summed E-state index contributed by atoms with van der Waals surface area (Å²) in [5.41, 5.74) is -1.04. The highest BCUT2D eigenvalue weighted by atomic mass is 35.5. The van der Waals surface area contributed by atoms with Crippen molar-refractivity contribution < 1.29 is 14.3 Å². The van der Waals surface area contributed by atoms with Crippen LogP contribution in [-0.2, 0) is 27.4 Å². The molecule has 0 N–H and O–H groups in total. The normalized spacial score (nSPS) is 19.8. The summed E-state index contributed by atoms with van der Waals surface area (Å²) in [6.45, 7) is 3.89. The van der Waals surface area contributed by atoms with Gasteiger partial charge in [-0.2, -0.15) is 0 Å². The predicted octanol–water partition coefficient (Wildman–Crippen LogP) is 0.0488. The van der Waals surface area contributed by atoms with Crippen molar-refractivity contribution in [1.29, 1.82) is 0 Å². The highest BCUT2D eigenvalue weighted by molar-refractivity contribution is 6.29. The summed E-state index contributed by atoms with van der Waals surface area (Å²) >= 11 is 5.98. The largest absolute Gasteiger partial charge is 0.347 e. The zero-order chi connectivity index (χ0) is 17.3. The van der Waals surface area contributed by atoms with E-state index < -0.39 is 17.0 Å². The SMILES string of the molecule is CCn1c(=O)cc(Cl)n(CC(=O)N2CCC3(CC2)OCCO3)c1=O. The quantitative estimate of drug-likeness (QED) is 0.714. The van der Waals surface area contributed by atoms with Crippen LogP contribution >= 0.6 is 11.6 Å². The van der Waals surface area contributed by atoms with Crippen molar-refractivity contribution in [3.8, 4) is 0 Å². The average Bonchev–Trinajstić information content (AvgIpc) is 3.00. The Kier molecular flexibility index (Phi) is 4.80. The van der Waals surface area contributed by atoms with Gasteiger partial charge in [-0.15, -0.1) is 0 Å². The monoisotopic (exact) mass is 357 g/mol. The lowest BCUT2D eigenvalue weighted by Gasteiger charge is -2.37. The molecule has 132 valence electrons. The molecule has 2 fully saturated rings. The summed E-state index contributed by atoms with van der Waals surface area (Å²) in [6.07, 6.45) is 1.21. The van der Waals surface area contributed by atoms with E-state index >= 15 is 0 Å². The van der Waals surface area contributed by atoms with Gasteiger partial charge in [0, 0.05) is 38.5 Å². The van der Waals surface area contributed by atoms with Crippen molar-refractivity contribution in [3.05, 3.63) is 32.1 Å². The second-order valence-electron chi connectivity index (χ2n) is 5.91. The molecule has 2 saturated heterocycles. The molecule has 0 radical (unpaired) electrons. The lowest BCUT2D eigenvalue weighted by molar-refractivity contribution is -0.187. The standard InChI is InChI=1S/C15H20ClN3O5/c1-2-18-12(20)9-11(16)19(14(18)22)10-13(21)17-5-3-15(4-6-17)23-7-8-24-15/h9H,2-8,10H2,1H3. The Morgan fingerprint density at radius 3 is 2.42 bits per heavy atom. The molecule has 0 atom stereocenters. The Morgan fingerprint density at radius 1 is 1.21 bits per heavy atom. The summed E-state index contributed by atoms with van der Waals surface area (Å²) in [5.74, 6) is -0.770. The number of halogens is 1. The third-order valence-electron chi connectivity index (χ3n) is 4.53. The van der Waals surface area contributed by atoms with Crippen LogP contribution in [0.5, 0.6) is 0 Å². The summed E-state index contributed by atoms with van der Waals surface area (Å²) in [5, 5.41) is -0.0287. The molecule has 24 heavy (non-hydrogen) atoms. The molecule has 3 heterocycles. The first-order valence-electron chi connectivity index (χ1n) is 8.02. The minimum atomic E-state index is -0.570. The lowest BCUT2D eigenvalue weighted by atomic mass is 10.0. The van der Waals surface area contributed by atoms with E-state index in [0.717, 1.165) is 15.2 Å². The van der Waals surface area contributed by atoms with E-state index in [-0.39, 0.29) is 24.1 Å². The van der Waals surface area contributed by atoms with Crippen LogP contribution in [0.15, 0.2) is 15.7 Å². The fraction of sp³-hybridized carbons (Fsp3) is 0.667. The first-order valence-corrected chi connectivity index (χ1v) is 8.39. The van der Waals surface area contributed by atoms with E-state index in [0.29, 0.717) is 39.1 Å². The fourth-order valence-corrected chi connectivity index (χ4v) is 3.37. The van der Waals surface area contributed by atoms with Gasteiger partial charge in [0.2, 0.25) is 5.91 Å². The molecule has 0 aliphatic carbocycles. The minimum absolute atomic E-state index is 0.0287. The molecule has 1 aromatic rings. The van der Waals surface area contributed by atoms with Gasteiger partial charge in [-0.3, -0.25) is 18.7 Å². The fourth-order valence-electron chi connectivity index (χ4n) is 3.14. The number of piperidine rings is 1. The Labute approximate surface area is 143 Å². The number of rotatable bonds is 3. The summed E-state index contributed by atoms with van der Waals surface area (Å²) in [6, 6.07) is 1.16. The van der Waals surface area contributed by atoms with Gasteiger partial charge in [0.05, 0.1) is 13.2 Å². The average molecular weight is 358 g/mol. The van der Waals surface area contributed by atoms with Gasteiger partial charge in [0.15, 0.2) is 5.79 Å². The van der Waals surface area contributed by atoms with E-state index in [1.807, 2.05) is 0 Å². The molecule has 3 rings (SSSR count). The molecular weight excluding hydrogens is 338 g/mol. The Bertz CT molecular complexity index is 740. The van der Waals surface area contributed by atoms with Crippen molar-refractivity contribution >= 4 is 17.5 Å². The molecule has 0 unspecified atom stereocenters. The Balaban J connectivity index is 1.72. The van der Waals surface area contributed by atoms with Crippen LogP contribution in [0.25, 0.3) is 0 Å². The van der Waals surface area contributed by atoms with Crippen molar-refractivity contribution in [2.45, 2.75) is 38.6 Å². The first kappa shape index (κ1) is 17.2. The molecule has 2 aliphatic rings. The van der Waals surface area contributed by atoms with Gasteiger partial charge in [-0.05, 0) is 6.92 Å². The number of aromatic nitrogens is 2. The van der Waals surface area contributed by atoms with Gasteiger partial charge >= 0.3 is 5.69 Å². The molecule has 8 nitrogen and oxygen atoms in total. The topological polar surface area (TPSA) is 82.8 Å². The predicted molar refractivity (Wildman–Crippen MR) is 86.1 cm³/mol. The summed E-state index contributed by atoms with van der Waals surface area (Å²) < 4.78 is 13.4. The van der Waals surface area contributed by atoms with Crippen LogP contribution in [0.1, 0.15) is 19.8 Å². The number of amides is 1. The smallest absolute Gasteiger partial charge is 0.332 e. The number of carbonyl (C=O) groups excluding carboxylic acids is 1. The molecule has 2 aliphatic heterocycles. The number of nitrogens with zero attached hydrogens (tertiary/aromatic N) is 3.